The number of rotatable bonds is 1. The average molecular weight is 300 g/mol. The lowest BCUT2D eigenvalue weighted by atomic mass is 9.77. The number of hydrogen-bond donors (Lipinski definition) is 2. The molecule has 2 aromatic heterocycles. The van der Waals surface area contributed by atoms with Gasteiger partial charge in [0.05, 0.1) is 11.5 Å². The number of nitrogens with one attached hydrogen (secondary N) is 1. The molecule has 1 amide bonds. The van der Waals surface area contributed by atoms with Gasteiger partial charge in [0.15, 0.2) is 0 Å². The van der Waals surface area contributed by atoms with Crippen LogP contribution in [0.25, 0.3) is 11.0 Å². The van der Waals surface area contributed by atoms with E-state index in [1.54, 1.807) is 6.20 Å². The number of aliphatic hydroxyl groups excluding tert-OH is 1. The fraction of sp³-hybridized carbons (Fsp3) is 0.562. The molecule has 0 radical (unpaired) electrons. The topological polar surface area (TPSA) is 82.1 Å². The van der Waals surface area contributed by atoms with E-state index in [4.69, 9.17) is 0 Å². The Morgan fingerprint density at radius 3 is 3.14 bits per heavy atom. The zero-order valence-electron chi connectivity index (χ0n) is 12.4. The van der Waals surface area contributed by atoms with E-state index in [1.807, 2.05) is 11.0 Å². The summed E-state index contributed by atoms with van der Waals surface area (Å²) in [5, 5.41) is 10.7. The number of piperidine rings is 1. The Bertz CT molecular complexity index is 698. The van der Waals surface area contributed by atoms with Crippen LogP contribution < -0.4 is 0 Å². The molecular weight excluding hydrogens is 280 g/mol. The molecule has 2 aliphatic rings. The second-order valence-corrected chi connectivity index (χ2v) is 6.40. The maximum absolute atomic E-state index is 13.0. The number of H-pyrrole nitrogens is 1. The third kappa shape index (κ3) is 2.18. The summed E-state index contributed by atoms with van der Waals surface area (Å²) in [5.74, 6) is 0.420. The van der Waals surface area contributed by atoms with E-state index in [9.17, 15) is 9.90 Å². The van der Waals surface area contributed by atoms with Gasteiger partial charge in [0.2, 0.25) is 0 Å². The standard InChI is InChI=1S/C16H20N4O2/c21-11-3-4-13-10(8-11)2-1-7-20(13)16(22)14-12-5-6-17-15(12)19-9-18-14/h5-6,9-11,13,21H,1-4,7-8H2,(H,17,18,19). The molecule has 4 rings (SSSR count). The molecule has 0 bridgehead atoms. The van der Waals surface area contributed by atoms with E-state index < -0.39 is 0 Å². The van der Waals surface area contributed by atoms with Crippen LogP contribution in [0.5, 0.6) is 0 Å². The van der Waals surface area contributed by atoms with Crippen molar-refractivity contribution < 1.29 is 9.90 Å². The van der Waals surface area contributed by atoms with Gasteiger partial charge < -0.3 is 15.0 Å². The van der Waals surface area contributed by atoms with Crippen molar-refractivity contribution in [2.45, 2.75) is 44.2 Å². The van der Waals surface area contributed by atoms with Crippen molar-refractivity contribution in [1.29, 1.82) is 0 Å². The van der Waals surface area contributed by atoms with Crippen LogP contribution in [0.3, 0.4) is 0 Å². The first-order valence-electron chi connectivity index (χ1n) is 8.01. The van der Waals surface area contributed by atoms with Gasteiger partial charge in [-0.25, -0.2) is 9.97 Å². The van der Waals surface area contributed by atoms with Gasteiger partial charge >= 0.3 is 0 Å². The molecule has 6 heteroatoms. The molecular formula is C16H20N4O2. The van der Waals surface area contributed by atoms with Gasteiger partial charge in [-0.3, -0.25) is 4.79 Å². The van der Waals surface area contributed by atoms with Crippen LogP contribution >= 0.6 is 0 Å². The van der Waals surface area contributed by atoms with Crippen molar-refractivity contribution in [3.8, 4) is 0 Å². The van der Waals surface area contributed by atoms with Gasteiger partial charge in [-0.1, -0.05) is 0 Å². The number of aromatic amines is 1. The van der Waals surface area contributed by atoms with Crippen LogP contribution in [0, 0.1) is 5.92 Å². The predicted molar refractivity (Wildman–Crippen MR) is 81.3 cm³/mol. The Morgan fingerprint density at radius 2 is 2.23 bits per heavy atom. The van der Waals surface area contributed by atoms with Crippen molar-refractivity contribution in [2.75, 3.05) is 6.54 Å². The maximum atomic E-state index is 13.0. The Labute approximate surface area is 128 Å². The molecule has 22 heavy (non-hydrogen) atoms. The van der Waals surface area contributed by atoms with Crippen LogP contribution in [-0.2, 0) is 0 Å². The molecule has 3 heterocycles. The Kier molecular flexibility index (Phi) is 3.33. The van der Waals surface area contributed by atoms with Gasteiger partial charge in [0, 0.05) is 18.8 Å². The first-order valence-corrected chi connectivity index (χ1v) is 8.01. The fourth-order valence-corrected chi connectivity index (χ4v) is 4.06. The van der Waals surface area contributed by atoms with Crippen LogP contribution in [0.1, 0.15) is 42.6 Å². The summed E-state index contributed by atoms with van der Waals surface area (Å²) in [6.07, 6.45) is 7.62. The van der Waals surface area contributed by atoms with E-state index in [1.165, 1.54) is 6.33 Å². The molecule has 0 aromatic carbocycles. The highest BCUT2D eigenvalue weighted by Crippen LogP contribution is 2.36. The highest BCUT2D eigenvalue weighted by molar-refractivity contribution is 6.03. The molecule has 6 nitrogen and oxygen atoms in total. The van der Waals surface area contributed by atoms with Crippen LogP contribution in [0.4, 0.5) is 0 Å². The summed E-state index contributed by atoms with van der Waals surface area (Å²) in [7, 11) is 0. The van der Waals surface area contributed by atoms with Gasteiger partial charge in [0.25, 0.3) is 5.91 Å². The van der Waals surface area contributed by atoms with Crippen molar-refractivity contribution >= 4 is 16.9 Å². The molecule has 1 saturated heterocycles. The Balaban J connectivity index is 1.65. The van der Waals surface area contributed by atoms with Crippen LogP contribution in [0.2, 0.25) is 0 Å². The highest BCUT2D eigenvalue weighted by atomic mass is 16.3. The Morgan fingerprint density at radius 1 is 1.32 bits per heavy atom. The number of carbonyl (C=O) groups excluding carboxylic acids is 1. The van der Waals surface area contributed by atoms with E-state index in [2.05, 4.69) is 15.0 Å². The summed E-state index contributed by atoms with van der Waals surface area (Å²) < 4.78 is 0. The number of nitrogens with zero attached hydrogens (tertiary/aromatic N) is 3. The SMILES string of the molecule is O=C(c1ncnc2[nH]ccc12)N1CCCC2CC(O)CCC21. The molecule has 1 saturated carbocycles. The van der Waals surface area contributed by atoms with E-state index in [-0.39, 0.29) is 18.1 Å². The third-order valence-corrected chi connectivity index (χ3v) is 5.11. The highest BCUT2D eigenvalue weighted by Gasteiger charge is 2.39. The number of likely N-dealkylation sites (tertiary alicyclic amines) is 1. The maximum Gasteiger partial charge on any atom is 0.273 e. The summed E-state index contributed by atoms with van der Waals surface area (Å²) in [6, 6.07) is 2.10. The lowest BCUT2D eigenvalue weighted by Gasteiger charge is -2.45. The largest absolute Gasteiger partial charge is 0.393 e. The molecule has 2 aromatic rings. The second-order valence-electron chi connectivity index (χ2n) is 6.40. The van der Waals surface area contributed by atoms with Crippen molar-refractivity contribution in [3.63, 3.8) is 0 Å². The predicted octanol–water partition coefficient (Wildman–Crippen LogP) is 1.72. The van der Waals surface area contributed by atoms with Gasteiger partial charge in [-0.15, -0.1) is 0 Å². The Hall–Kier alpha value is -1.95. The molecule has 116 valence electrons. The zero-order chi connectivity index (χ0) is 15.1. The second kappa shape index (κ2) is 5.35. The van der Waals surface area contributed by atoms with E-state index in [0.717, 1.165) is 44.0 Å². The van der Waals surface area contributed by atoms with Crippen molar-refractivity contribution in [2.24, 2.45) is 5.92 Å². The molecule has 0 spiro atoms. The summed E-state index contributed by atoms with van der Waals surface area (Å²) in [6.45, 7) is 0.784. The molecule has 1 aliphatic heterocycles. The van der Waals surface area contributed by atoms with Crippen molar-refractivity contribution in [1.82, 2.24) is 19.9 Å². The summed E-state index contributed by atoms with van der Waals surface area (Å²) in [5.41, 5.74) is 1.18. The normalized spacial score (nSPS) is 28.6. The van der Waals surface area contributed by atoms with Gasteiger partial charge in [-0.05, 0) is 44.1 Å². The molecule has 2 N–H and O–H groups in total. The zero-order valence-corrected chi connectivity index (χ0v) is 12.4. The van der Waals surface area contributed by atoms with E-state index >= 15 is 0 Å². The van der Waals surface area contributed by atoms with Gasteiger partial charge in [0.1, 0.15) is 17.7 Å². The van der Waals surface area contributed by atoms with Crippen LogP contribution in [-0.4, -0.2) is 49.6 Å². The minimum absolute atomic E-state index is 0.00177. The van der Waals surface area contributed by atoms with Crippen LogP contribution in [0.15, 0.2) is 18.6 Å². The average Bonchev–Trinajstić information content (AvgIpc) is 3.01. The molecule has 3 atom stereocenters. The van der Waals surface area contributed by atoms with Gasteiger partial charge in [-0.2, -0.15) is 0 Å². The van der Waals surface area contributed by atoms with E-state index in [0.29, 0.717) is 17.3 Å². The monoisotopic (exact) mass is 300 g/mol. The quantitative estimate of drug-likeness (QED) is 0.840. The number of amides is 1. The fourth-order valence-electron chi connectivity index (χ4n) is 4.06. The minimum Gasteiger partial charge on any atom is -0.393 e. The number of carbonyl (C=O) groups is 1. The lowest BCUT2D eigenvalue weighted by molar-refractivity contribution is 0.00707. The molecule has 1 aliphatic carbocycles. The lowest BCUT2D eigenvalue weighted by Crippen LogP contribution is -2.51. The number of aliphatic hydroxyl groups is 1. The smallest absolute Gasteiger partial charge is 0.273 e. The molecule has 2 fully saturated rings. The first-order chi connectivity index (χ1) is 10.7. The number of fused-ring (bicyclic) bond motifs is 2. The number of hydrogen-bond acceptors (Lipinski definition) is 4. The first kappa shape index (κ1) is 13.7. The summed E-state index contributed by atoms with van der Waals surface area (Å²) >= 11 is 0. The summed E-state index contributed by atoms with van der Waals surface area (Å²) in [4.78, 5) is 26.4. The molecule has 3 unspecified atom stereocenters. The van der Waals surface area contributed by atoms with Crippen molar-refractivity contribution in [3.05, 3.63) is 24.3 Å². The third-order valence-electron chi connectivity index (χ3n) is 5.11. The minimum atomic E-state index is -0.202. The number of aromatic nitrogens is 3.